The molecule has 0 saturated carbocycles. The molecule has 1 aromatic heterocycles. The molecule has 12 aromatic rings. The lowest BCUT2D eigenvalue weighted by Gasteiger charge is -2.21. The molecule has 354 valence electrons. The lowest BCUT2D eigenvalue weighted by molar-refractivity contribution is 1.10. The van der Waals surface area contributed by atoms with Gasteiger partial charge in [-0.1, -0.05) is 291 Å². The Balaban J connectivity index is 1.07. The minimum absolute atomic E-state index is 1.09. The van der Waals surface area contributed by atoms with E-state index in [4.69, 9.17) is 0 Å². The molecule has 1 heterocycles. The quantitative estimate of drug-likeness (QED) is 0.102. The summed E-state index contributed by atoms with van der Waals surface area (Å²) in [6.07, 6.45) is 0. The van der Waals surface area contributed by atoms with E-state index in [0.717, 1.165) is 67.1 Å². The van der Waals surface area contributed by atoms with Crippen molar-refractivity contribution in [3.05, 3.63) is 366 Å². The van der Waals surface area contributed by atoms with Crippen LogP contribution in [0.4, 0.5) is 0 Å². The summed E-state index contributed by atoms with van der Waals surface area (Å²) in [7, 11) is 0. The molecule has 0 fully saturated rings. The lowest BCUT2D eigenvalue weighted by atomic mass is 9.83. The van der Waals surface area contributed by atoms with Crippen LogP contribution in [0, 0.1) is 0 Å². The minimum atomic E-state index is 1.09. The highest BCUT2D eigenvalue weighted by Crippen LogP contribution is 2.43. The van der Waals surface area contributed by atoms with Gasteiger partial charge in [-0.05, 0) is 131 Å². The maximum Gasteiger partial charge on any atom is 0.0535 e. The summed E-state index contributed by atoms with van der Waals surface area (Å²) >= 11 is 0. The molecule has 0 N–H and O–H groups in total. The van der Waals surface area contributed by atoms with Gasteiger partial charge < -0.3 is 4.57 Å². The second-order valence-corrected chi connectivity index (χ2v) is 18.8. The zero-order valence-electron chi connectivity index (χ0n) is 41.5. The first-order valence-corrected chi connectivity index (χ1v) is 25.7. The topological polar surface area (TPSA) is 4.93 Å². The fourth-order valence-corrected chi connectivity index (χ4v) is 10.6. The van der Waals surface area contributed by atoms with Gasteiger partial charge in [0.1, 0.15) is 0 Å². The monoisotopic (exact) mass is 955 g/mol. The minimum Gasteiger partial charge on any atom is -0.309 e. The summed E-state index contributed by atoms with van der Waals surface area (Å²) < 4.78 is 2.39. The second kappa shape index (κ2) is 21.5. The fourth-order valence-electron chi connectivity index (χ4n) is 10.6. The predicted octanol–water partition coefficient (Wildman–Crippen LogP) is 19.2. The number of rotatable bonds is 13. The van der Waals surface area contributed by atoms with E-state index >= 15 is 0 Å². The van der Waals surface area contributed by atoms with Crippen LogP contribution in [0.5, 0.6) is 0 Å². The summed E-state index contributed by atoms with van der Waals surface area (Å²) in [4.78, 5) is 0. The van der Waals surface area contributed by atoms with E-state index < -0.39 is 0 Å². The van der Waals surface area contributed by atoms with Gasteiger partial charge in [-0.3, -0.25) is 0 Å². The molecule has 0 amide bonds. The summed E-state index contributed by atoms with van der Waals surface area (Å²) in [5.41, 5.74) is 24.3. The number of benzene rings is 11. The Labute approximate surface area is 441 Å². The Hall–Kier alpha value is -9.82. The van der Waals surface area contributed by atoms with Crippen LogP contribution < -0.4 is 0 Å². The lowest BCUT2D eigenvalue weighted by Crippen LogP contribution is -2.00. The van der Waals surface area contributed by atoms with Crippen LogP contribution in [0.3, 0.4) is 0 Å². The molecule has 0 saturated heterocycles. The summed E-state index contributed by atoms with van der Waals surface area (Å²) in [5, 5.41) is 0. The Morgan fingerprint density at radius 2 is 0.453 bits per heavy atom. The highest BCUT2D eigenvalue weighted by atomic mass is 15.0. The molecule has 0 aliphatic rings. The van der Waals surface area contributed by atoms with Crippen molar-refractivity contribution in [3.8, 4) is 50.5 Å². The summed E-state index contributed by atoms with van der Waals surface area (Å²) in [6, 6.07) is 116. The van der Waals surface area contributed by atoms with Crippen molar-refractivity contribution in [1.29, 1.82) is 0 Å². The van der Waals surface area contributed by atoms with Crippen LogP contribution in [0.2, 0.25) is 0 Å². The standard InChI is InChI=1S/C74H53N/c1-9-25-56(26-10-1)69-51-52-70(57-27-11-2-12-28-57)75(69)66-48-45-55(46-49-66)68-53-65(74(63-39-23-8-24-40-63)72(60-33-17-5-18-34-60)61-35-19-6-20-36-61)47-50-67(68)54-41-43-64(44-42-54)73(62-37-21-7-22-38-62)71(58-29-13-3-14-30-58)59-31-15-4-16-32-59/h1-53H. The van der Waals surface area contributed by atoms with Crippen LogP contribution in [0.1, 0.15) is 44.5 Å². The molecule has 0 bridgehead atoms. The summed E-state index contributed by atoms with van der Waals surface area (Å²) in [6.45, 7) is 0. The second-order valence-electron chi connectivity index (χ2n) is 18.8. The highest BCUT2D eigenvalue weighted by Gasteiger charge is 2.21. The van der Waals surface area contributed by atoms with E-state index in [1.807, 2.05) is 0 Å². The maximum absolute atomic E-state index is 2.42. The van der Waals surface area contributed by atoms with E-state index in [9.17, 15) is 0 Å². The number of aromatic nitrogens is 1. The molecule has 0 radical (unpaired) electrons. The predicted molar refractivity (Wildman–Crippen MR) is 316 cm³/mol. The average Bonchev–Trinajstić information content (AvgIpc) is 3.95. The molecule has 75 heavy (non-hydrogen) atoms. The van der Waals surface area contributed by atoms with Crippen LogP contribution >= 0.6 is 0 Å². The molecule has 0 aliphatic carbocycles. The van der Waals surface area contributed by atoms with Gasteiger partial charge >= 0.3 is 0 Å². The van der Waals surface area contributed by atoms with E-state index in [1.165, 1.54) is 50.1 Å². The number of hydrogen-bond acceptors (Lipinski definition) is 0. The third-order valence-electron chi connectivity index (χ3n) is 14.1. The van der Waals surface area contributed by atoms with Crippen molar-refractivity contribution in [2.75, 3.05) is 0 Å². The van der Waals surface area contributed by atoms with Gasteiger partial charge in [-0.25, -0.2) is 0 Å². The first-order chi connectivity index (χ1) is 37.2. The molecular formula is C74H53N. The Bertz CT molecular complexity index is 3740. The molecule has 0 unspecified atom stereocenters. The first kappa shape index (κ1) is 46.3. The average molecular weight is 956 g/mol. The zero-order valence-corrected chi connectivity index (χ0v) is 41.5. The Kier molecular flexibility index (Phi) is 13.3. The smallest absolute Gasteiger partial charge is 0.0535 e. The van der Waals surface area contributed by atoms with Crippen molar-refractivity contribution in [1.82, 2.24) is 4.57 Å². The van der Waals surface area contributed by atoms with Gasteiger partial charge in [0, 0.05) is 5.69 Å². The van der Waals surface area contributed by atoms with E-state index in [0.29, 0.717) is 0 Å². The maximum atomic E-state index is 2.42. The van der Waals surface area contributed by atoms with Crippen LogP contribution in [0.15, 0.2) is 322 Å². The number of hydrogen-bond donors (Lipinski definition) is 0. The molecule has 0 spiro atoms. The van der Waals surface area contributed by atoms with Gasteiger partial charge in [0.2, 0.25) is 0 Å². The van der Waals surface area contributed by atoms with Crippen molar-refractivity contribution in [3.63, 3.8) is 0 Å². The normalized spacial score (nSPS) is 10.9. The van der Waals surface area contributed by atoms with Crippen molar-refractivity contribution in [2.45, 2.75) is 0 Å². The molecule has 12 rings (SSSR count). The number of nitrogens with zero attached hydrogens (tertiary/aromatic N) is 1. The van der Waals surface area contributed by atoms with Gasteiger partial charge in [0.25, 0.3) is 0 Å². The van der Waals surface area contributed by atoms with Crippen LogP contribution in [-0.4, -0.2) is 4.57 Å². The third-order valence-corrected chi connectivity index (χ3v) is 14.1. The molecule has 0 aliphatic heterocycles. The molecule has 1 heteroatoms. The van der Waals surface area contributed by atoms with Crippen molar-refractivity contribution >= 4 is 22.3 Å². The van der Waals surface area contributed by atoms with Crippen LogP contribution in [0.25, 0.3) is 72.7 Å². The molecule has 0 atom stereocenters. The molecular weight excluding hydrogens is 903 g/mol. The van der Waals surface area contributed by atoms with Gasteiger partial charge in [0.05, 0.1) is 11.4 Å². The van der Waals surface area contributed by atoms with Crippen molar-refractivity contribution in [2.24, 2.45) is 0 Å². The Morgan fingerprint density at radius 3 is 0.800 bits per heavy atom. The molecule has 11 aromatic carbocycles. The highest BCUT2D eigenvalue weighted by molar-refractivity contribution is 6.07. The largest absolute Gasteiger partial charge is 0.309 e. The van der Waals surface area contributed by atoms with Gasteiger partial charge in [-0.15, -0.1) is 0 Å². The van der Waals surface area contributed by atoms with Gasteiger partial charge in [0.15, 0.2) is 0 Å². The van der Waals surface area contributed by atoms with E-state index in [1.54, 1.807) is 0 Å². The first-order valence-electron chi connectivity index (χ1n) is 25.7. The van der Waals surface area contributed by atoms with E-state index in [2.05, 4.69) is 326 Å². The Morgan fingerprint density at radius 1 is 0.187 bits per heavy atom. The fraction of sp³-hybridized carbons (Fsp3) is 0. The third kappa shape index (κ3) is 9.67. The summed E-state index contributed by atoms with van der Waals surface area (Å²) in [5.74, 6) is 0. The zero-order chi connectivity index (χ0) is 50.2. The van der Waals surface area contributed by atoms with Crippen molar-refractivity contribution < 1.29 is 0 Å². The van der Waals surface area contributed by atoms with Crippen LogP contribution in [-0.2, 0) is 0 Å². The molecule has 1 nitrogen and oxygen atoms in total. The van der Waals surface area contributed by atoms with Gasteiger partial charge in [-0.2, -0.15) is 0 Å². The van der Waals surface area contributed by atoms with E-state index in [-0.39, 0.29) is 0 Å². The SMILES string of the molecule is c1ccc(C(=C(c2ccccc2)c2ccc(-c3ccc(C(=C(c4ccccc4)c4ccccc4)c4ccccc4)cc3-c3ccc(-n4c(-c5ccccc5)ccc4-c4ccccc4)cc3)cc2)c2ccccc2)cc1.